The highest BCUT2D eigenvalue weighted by Gasteiger charge is 2.09. The molecule has 4 nitrogen and oxygen atoms in total. The molecule has 3 rings (SSSR count). The summed E-state index contributed by atoms with van der Waals surface area (Å²) in [7, 11) is 0. The number of anilines is 1. The fraction of sp³-hybridized carbons (Fsp3) is 0.200. The van der Waals surface area contributed by atoms with E-state index in [1.807, 2.05) is 71.8 Å². The fourth-order valence-corrected chi connectivity index (χ4v) is 2.77. The Labute approximate surface area is 172 Å². The van der Waals surface area contributed by atoms with Crippen molar-refractivity contribution in [2.75, 3.05) is 5.06 Å². The van der Waals surface area contributed by atoms with Crippen LogP contribution in [0.15, 0.2) is 79.1 Å². The maximum atomic E-state index is 8.58. The van der Waals surface area contributed by atoms with Gasteiger partial charge < -0.3 is 0 Å². The Balaban J connectivity index is 1.66. The van der Waals surface area contributed by atoms with E-state index in [2.05, 4.69) is 22.9 Å². The second-order valence-electron chi connectivity index (χ2n) is 6.51. The van der Waals surface area contributed by atoms with Crippen molar-refractivity contribution in [2.45, 2.75) is 32.4 Å². The number of hydrogen-bond acceptors (Lipinski definition) is 4. The molecule has 1 heterocycles. The van der Waals surface area contributed by atoms with E-state index in [4.69, 9.17) is 10.1 Å². The summed E-state index contributed by atoms with van der Waals surface area (Å²) in [6.45, 7) is 1.08. The highest BCUT2D eigenvalue weighted by atomic mass is 16.7. The maximum Gasteiger partial charge on any atom is 0.1000 e. The molecule has 0 unspecified atom stereocenters. The van der Waals surface area contributed by atoms with Gasteiger partial charge in [-0.05, 0) is 53.9 Å². The van der Waals surface area contributed by atoms with E-state index < -0.39 is 0 Å². The molecule has 0 N–H and O–H groups in total. The number of benzene rings is 2. The summed E-state index contributed by atoms with van der Waals surface area (Å²) in [5.74, 6) is 6.30. The lowest BCUT2D eigenvalue weighted by atomic mass is 10.1. The topological polar surface area (TPSA) is 49.1 Å². The maximum absolute atomic E-state index is 8.58. The minimum absolute atomic E-state index is 0.448. The van der Waals surface area contributed by atoms with Crippen LogP contribution in [0, 0.1) is 23.2 Å². The van der Waals surface area contributed by atoms with Crippen molar-refractivity contribution in [3.63, 3.8) is 0 Å². The number of nitriles is 1. The van der Waals surface area contributed by atoms with E-state index in [0.717, 1.165) is 35.2 Å². The minimum Gasteiger partial charge on any atom is -0.268 e. The number of rotatable bonds is 8. The number of pyridine rings is 1. The van der Waals surface area contributed by atoms with Crippen molar-refractivity contribution in [3.8, 4) is 17.9 Å². The summed E-state index contributed by atoms with van der Waals surface area (Å²) in [6.07, 6.45) is 5.68. The molecule has 0 atom stereocenters. The first kappa shape index (κ1) is 20.1. The van der Waals surface area contributed by atoms with Crippen LogP contribution in [-0.2, 0) is 18.0 Å². The second-order valence-corrected chi connectivity index (χ2v) is 6.51. The third kappa shape index (κ3) is 6.81. The van der Waals surface area contributed by atoms with Crippen LogP contribution in [-0.4, -0.2) is 4.98 Å². The number of aromatic nitrogens is 1. The average molecular weight is 381 g/mol. The van der Waals surface area contributed by atoms with Gasteiger partial charge in [-0.1, -0.05) is 42.2 Å². The molecule has 3 aromatic rings. The van der Waals surface area contributed by atoms with Crippen molar-refractivity contribution >= 4 is 5.69 Å². The fourth-order valence-electron chi connectivity index (χ4n) is 2.77. The first-order chi connectivity index (χ1) is 14.3. The summed E-state index contributed by atoms with van der Waals surface area (Å²) < 4.78 is 0. The number of hydroxylamine groups is 1. The van der Waals surface area contributed by atoms with Gasteiger partial charge in [-0.2, -0.15) is 5.26 Å². The predicted molar refractivity (Wildman–Crippen MR) is 114 cm³/mol. The van der Waals surface area contributed by atoms with Gasteiger partial charge in [0.15, 0.2) is 0 Å². The molecular formula is C25H23N3O. The van der Waals surface area contributed by atoms with Gasteiger partial charge in [-0.3, -0.25) is 9.82 Å². The van der Waals surface area contributed by atoms with Crippen LogP contribution < -0.4 is 5.06 Å². The zero-order valence-corrected chi connectivity index (χ0v) is 16.3. The van der Waals surface area contributed by atoms with E-state index in [1.165, 1.54) is 0 Å². The summed E-state index contributed by atoms with van der Waals surface area (Å²) in [6, 6.07) is 24.2. The van der Waals surface area contributed by atoms with Crippen LogP contribution in [0.25, 0.3) is 0 Å². The van der Waals surface area contributed by atoms with E-state index in [9.17, 15) is 0 Å². The molecule has 0 amide bonds. The standard InChI is InChI=1S/C25H23N3O/c26-16-7-2-1-4-9-22-10-8-11-24(19-22)21-29-28(25-12-5-3-6-13-25)20-23-14-17-27-18-15-23/h3,5-6,8,10-15,17-19H,1-2,7,20-21H2. The molecule has 2 aromatic carbocycles. The van der Waals surface area contributed by atoms with Gasteiger partial charge in [0.1, 0.15) is 0 Å². The van der Waals surface area contributed by atoms with Crippen molar-refractivity contribution < 1.29 is 4.84 Å². The molecule has 144 valence electrons. The molecule has 0 fully saturated rings. The van der Waals surface area contributed by atoms with Gasteiger partial charge in [0.2, 0.25) is 0 Å². The van der Waals surface area contributed by atoms with Crippen molar-refractivity contribution in [1.29, 1.82) is 5.26 Å². The lowest BCUT2D eigenvalue weighted by Gasteiger charge is -2.24. The minimum atomic E-state index is 0.448. The monoisotopic (exact) mass is 381 g/mol. The normalized spacial score (nSPS) is 9.90. The van der Waals surface area contributed by atoms with Gasteiger partial charge in [0.25, 0.3) is 0 Å². The summed E-state index contributed by atoms with van der Waals surface area (Å²) in [5.41, 5.74) is 4.14. The summed E-state index contributed by atoms with van der Waals surface area (Å²) >= 11 is 0. The van der Waals surface area contributed by atoms with E-state index in [1.54, 1.807) is 12.4 Å². The zero-order chi connectivity index (χ0) is 20.2. The van der Waals surface area contributed by atoms with Crippen molar-refractivity contribution in [1.82, 2.24) is 4.98 Å². The van der Waals surface area contributed by atoms with Crippen molar-refractivity contribution in [2.24, 2.45) is 0 Å². The van der Waals surface area contributed by atoms with E-state index >= 15 is 0 Å². The Morgan fingerprint density at radius 3 is 2.52 bits per heavy atom. The largest absolute Gasteiger partial charge is 0.268 e. The van der Waals surface area contributed by atoms with Crippen LogP contribution in [0.5, 0.6) is 0 Å². The van der Waals surface area contributed by atoms with Gasteiger partial charge >= 0.3 is 0 Å². The highest BCUT2D eigenvalue weighted by Crippen LogP contribution is 2.18. The number of para-hydroxylation sites is 1. The molecule has 29 heavy (non-hydrogen) atoms. The van der Waals surface area contributed by atoms with Crippen LogP contribution in [0.4, 0.5) is 5.69 Å². The third-order valence-electron chi connectivity index (χ3n) is 4.26. The van der Waals surface area contributed by atoms with Crippen LogP contribution in [0.3, 0.4) is 0 Å². The first-order valence-corrected chi connectivity index (χ1v) is 9.64. The number of unbranched alkanes of at least 4 members (excludes halogenated alkanes) is 2. The molecule has 0 aliphatic heterocycles. The Bertz CT molecular complexity index is 985. The van der Waals surface area contributed by atoms with Crippen LogP contribution in [0.2, 0.25) is 0 Å². The third-order valence-corrected chi connectivity index (χ3v) is 4.26. The van der Waals surface area contributed by atoms with Crippen LogP contribution >= 0.6 is 0 Å². The molecule has 0 bridgehead atoms. The van der Waals surface area contributed by atoms with E-state index in [0.29, 0.717) is 19.6 Å². The predicted octanol–water partition coefficient (Wildman–Crippen LogP) is 5.27. The average Bonchev–Trinajstić information content (AvgIpc) is 2.78. The number of hydrogen-bond donors (Lipinski definition) is 0. The second kappa shape index (κ2) is 11.3. The van der Waals surface area contributed by atoms with Gasteiger partial charge in [-0.25, -0.2) is 5.06 Å². The Morgan fingerprint density at radius 2 is 1.72 bits per heavy atom. The van der Waals surface area contributed by atoms with Crippen LogP contribution in [0.1, 0.15) is 36.0 Å². The lowest BCUT2D eigenvalue weighted by Crippen LogP contribution is -2.23. The molecule has 0 spiro atoms. The quantitative estimate of drug-likeness (QED) is 0.303. The summed E-state index contributed by atoms with van der Waals surface area (Å²) in [4.78, 5) is 10.2. The van der Waals surface area contributed by atoms with Crippen molar-refractivity contribution in [3.05, 3.63) is 95.8 Å². The first-order valence-electron chi connectivity index (χ1n) is 9.64. The van der Waals surface area contributed by atoms with E-state index in [-0.39, 0.29) is 0 Å². The molecule has 4 heteroatoms. The Hall–Kier alpha value is -3.60. The Morgan fingerprint density at radius 1 is 0.897 bits per heavy atom. The number of nitrogens with zero attached hydrogens (tertiary/aromatic N) is 3. The molecule has 0 aliphatic rings. The smallest absolute Gasteiger partial charge is 0.1000 e. The molecule has 1 aromatic heterocycles. The zero-order valence-electron chi connectivity index (χ0n) is 16.3. The molecule has 0 radical (unpaired) electrons. The van der Waals surface area contributed by atoms with Gasteiger partial charge in [0, 0.05) is 30.8 Å². The van der Waals surface area contributed by atoms with Gasteiger partial charge in [-0.15, -0.1) is 0 Å². The molecule has 0 saturated carbocycles. The SMILES string of the molecule is N#CCCCC#Cc1cccc(CON(Cc2ccncc2)c2ccccc2)c1. The highest BCUT2D eigenvalue weighted by molar-refractivity contribution is 5.44. The Kier molecular flexibility index (Phi) is 7.84. The molecule has 0 saturated heterocycles. The molecular weight excluding hydrogens is 358 g/mol. The molecule has 0 aliphatic carbocycles. The van der Waals surface area contributed by atoms with Gasteiger partial charge in [0.05, 0.1) is 24.9 Å². The lowest BCUT2D eigenvalue weighted by molar-refractivity contribution is 0.0908. The summed E-state index contributed by atoms with van der Waals surface area (Å²) in [5, 5.41) is 10.5.